The molecule has 0 saturated carbocycles. The van der Waals surface area contributed by atoms with Gasteiger partial charge in [0.05, 0.1) is 5.70 Å². The summed E-state index contributed by atoms with van der Waals surface area (Å²) in [5.74, 6) is -6.39. The Morgan fingerprint density at radius 1 is 0.823 bits per heavy atom. The molecule has 1 saturated heterocycles. The lowest BCUT2D eigenvalue weighted by Crippen LogP contribution is -2.59. The third-order valence-corrected chi connectivity index (χ3v) is 11.2. The molecule has 1 aliphatic carbocycles. The highest BCUT2D eigenvalue weighted by molar-refractivity contribution is 6.02. The molecule has 2 aromatic carbocycles. The number of amides is 7. The molecule has 62 heavy (non-hydrogen) atoms. The number of carbonyl (C=O) groups is 8. The molecular weight excluding hydrogens is 799 g/mol. The van der Waals surface area contributed by atoms with Crippen LogP contribution in [0.15, 0.2) is 60.8 Å². The molecule has 4 rings (SSSR count). The summed E-state index contributed by atoms with van der Waals surface area (Å²) in [7, 11) is 0. The van der Waals surface area contributed by atoms with Crippen molar-refractivity contribution in [1.29, 1.82) is 0 Å². The highest BCUT2D eigenvalue weighted by atomic mass is 16.5. The highest BCUT2D eigenvalue weighted by Gasteiger charge is 2.39. The third kappa shape index (κ3) is 12.4. The van der Waals surface area contributed by atoms with Crippen LogP contribution in [0.3, 0.4) is 0 Å². The van der Waals surface area contributed by atoms with Gasteiger partial charge in [0.2, 0.25) is 29.5 Å². The minimum absolute atomic E-state index is 0.0352. The number of nitrogens with one attached hydrogen (secondary N) is 6. The molecule has 1 fully saturated rings. The van der Waals surface area contributed by atoms with Gasteiger partial charge >= 0.3 is 12.1 Å². The predicted molar refractivity (Wildman–Crippen MR) is 230 cm³/mol. The average molecular weight is 860 g/mol. The summed E-state index contributed by atoms with van der Waals surface area (Å²) in [4.78, 5) is 106. The van der Waals surface area contributed by atoms with E-state index in [1.54, 1.807) is 27.7 Å². The van der Waals surface area contributed by atoms with Gasteiger partial charge in [-0.1, -0.05) is 103 Å². The first kappa shape index (κ1) is 48.4. The van der Waals surface area contributed by atoms with Crippen molar-refractivity contribution in [3.8, 4) is 11.1 Å². The second-order valence-corrected chi connectivity index (χ2v) is 16.7. The number of alkyl carbamates (subject to hydrolysis) is 1. The Labute approximate surface area is 362 Å². The van der Waals surface area contributed by atoms with E-state index in [-0.39, 0.29) is 49.4 Å². The fourth-order valence-corrected chi connectivity index (χ4v) is 7.61. The van der Waals surface area contributed by atoms with Crippen molar-refractivity contribution in [3.05, 3.63) is 71.9 Å². The number of fused-ring (bicyclic) bond motifs is 3. The molecule has 17 nitrogen and oxygen atoms in total. The number of hydrogen-bond donors (Lipinski definition) is 7. The van der Waals surface area contributed by atoms with E-state index >= 15 is 0 Å². The van der Waals surface area contributed by atoms with Crippen molar-refractivity contribution >= 4 is 47.5 Å². The monoisotopic (exact) mass is 859 g/mol. The maximum atomic E-state index is 13.9. The van der Waals surface area contributed by atoms with Gasteiger partial charge in [0.1, 0.15) is 43.4 Å². The van der Waals surface area contributed by atoms with E-state index in [2.05, 4.69) is 38.5 Å². The summed E-state index contributed by atoms with van der Waals surface area (Å²) in [6, 6.07) is 10.3. The Kier molecular flexibility index (Phi) is 17.2. The van der Waals surface area contributed by atoms with Crippen LogP contribution in [-0.2, 0) is 38.3 Å². The van der Waals surface area contributed by atoms with Crippen LogP contribution in [0.25, 0.3) is 11.1 Å². The van der Waals surface area contributed by atoms with Crippen LogP contribution >= 0.6 is 0 Å². The fourth-order valence-electron chi connectivity index (χ4n) is 7.61. The standard InChI is InChI=1S/C45H61N7O10/c1-9-26(6)38(42(57)48-28(8)44(59)60)51-41(56)37(25(4)5)50-39(54)27(7)47-40(55)35-19-14-20-52(35)43(58)34(21-24(2)3)49-36(53)22-46-45(61)62-23-33-31-17-12-10-15-29(31)30-16-11-13-18-32(30)33/h10-13,15-18,24-26,28,33-35,37-38H,7,9,14,19-23H2,1-6,8H3,(H,46,61)(H,47,55)(H,48,57)(H,49,53)(H,50,54)(H,51,56)(H,59,60)/t26-,28-,34-,35-,37-,38-/m0/s1. The topological polar surface area (TPSA) is 241 Å². The number of aliphatic carboxylic acids is 1. The number of carboxylic acids is 1. The molecule has 0 bridgehead atoms. The van der Waals surface area contributed by atoms with Crippen molar-refractivity contribution in [2.24, 2.45) is 17.8 Å². The van der Waals surface area contributed by atoms with Gasteiger partial charge in [0.25, 0.3) is 5.91 Å². The quantitative estimate of drug-likeness (QED) is 0.0961. The average Bonchev–Trinajstić information content (AvgIpc) is 3.85. The highest BCUT2D eigenvalue weighted by Crippen LogP contribution is 2.44. The zero-order valence-electron chi connectivity index (χ0n) is 36.5. The lowest BCUT2D eigenvalue weighted by molar-refractivity contribution is -0.142. The second-order valence-electron chi connectivity index (χ2n) is 16.7. The number of rotatable bonds is 20. The number of carboxylic acid groups (broad SMARTS) is 1. The van der Waals surface area contributed by atoms with Crippen LogP contribution in [-0.4, -0.2) is 107 Å². The van der Waals surface area contributed by atoms with Gasteiger partial charge in [-0.15, -0.1) is 0 Å². The van der Waals surface area contributed by atoms with Crippen LogP contribution in [0, 0.1) is 17.8 Å². The number of likely N-dealkylation sites (tertiary alicyclic amines) is 1. The normalized spacial score (nSPS) is 16.7. The summed E-state index contributed by atoms with van der Waals surface area (Å²) in [6.45, 7) is 15.4. The molecule has 17 heteroatoms. The number of hydrogen-bond acceptors (Lipinski definition) is 9. The Morgan fingerprint density at radius 2 is 1.42 bits per heavy atom. The SMILES string of the molecule is C=C(NC(=O)[C@@H]1CCCN1C(=O)[C@H](CC(C)C)NC(=O)CNC(=O)OCC1c2ccccc2-c2ccccc21)C(=O)N[C@H](C(=O)N[C@H](C(=O)N[C@@H](C)C(=O)O)[C@@H](C)CC)C(C)C. The number of carbonyl (C=O) groups excluding carboxylic acids is 7. The summed E-state index contributed by atoms with van der Waals surface area (Å²) in [5, 5.41) is 24.4. The van der Waals surface area contributed by atoms with Gasteiger partial charge in [-0.25, -0.2) is 4.79 Å². The predicted octanol–water partition coefficient (Wildman–Crippen LogP) is 2.94. The maximum Gasteiger partial charge on any atom is 0.407 e. The first-order valence-electron chi connectivity index (χ1n) is 21.2. The number of benzene rings is 2. The van der Waals surface area contributed by atoms with E-state index in [0.29, 0.717) is 12.8 Å². The molecule has 0 spiro atoms. The molecule has 1 aliphatic heterocycles. The van der Waals surface area contributed by atoms with Gasteiger partial charge in [0.15, 0.2) is 0 Å². The minimum atomic E-state index is -1.24. The minimum Gasteiger partial charge on any atom is -0.480 e. The van der Waals surface area contributed by atoms with Crippen LogP contribution in [0.1, 0.15) is 91.2 Å². The molecule has 1 heterocycles. The maximum absolute atomic E-state index is 13.9. The molecule has 6 atom stereocenters. The second kappa shape index (κ2) is 22.0. The lowest BCUT2D eigenvalue weighted by Gasteiger charge is -2.30. The summed E-state index contributed by atoms with van der Waals surface area (Å²) in [6.07, 6.45) is 0.675. The molecule has 0 unspecified atom stereocenters. The molecule has 2 aromatic rings. The van der Waals surface area contributed by atoms with Crippen molar-refractivity contribution in [1.82, 2.24) is 36.8 Å². The molecule has 0 radical (unpaired) electrons. The lowest BCUT2D eigenvalue weighted by atomic mass is 9.96. The van der Waals surface area contributed by atoms with Crippen molar-refractivity contribution in [3.63, 3.8) is 0 Å². The van der Waals surface area contributed by atoms with Gasteiger partial charge in [-0.05, 0) is 66.2 Å². The number of ether oxygens (including phenoxy) is 1. The molecule has 0 aromatic heterocycles. The molecule has 7 N–H and O–H groups in total. The Morgan fingerprint density at radius 3 is 1.98 bits per heavy atom. The van der Waals surface area contributed by atoms with Gasteiger partial charge in [0, 0.05) is 12.5 Å². The number of nitrogens with zero attached hydrogens (tertiary/aromatic N) is 1. The van der Waals surface area contributed by atoms with Crippen LogP contribution in [0.2, 0.25) is 0 Å². The van der Waals surface area contributed by atoms with Crippen molar-refractivity contribution in [2.75, 3.05) is 19.7 Å². The summed E-state index contributed by atoms with van der Waals surface area (Å²) < 4.78 is 5.54. The van der Waals surface area contributed by atoms with E-state index in [9.17, 15) is 43.5 Å². The van der Waals surface area contributed by atoms with E-state index in [1.165, 1.54) is 11.8 Å². The van der Waals surface area contributed by atoms with Gasteiger partial charge in [-0.3, -0.25) is 33.6 Å². The molecule has 336 valence electrons. The first-order chi connectivity index (χ1) is 29.3. The Hall–Kier alpha value is -6.26. The summed E-state index contributed by atoms with van der Waals surface area (Å²) >= 11 is 0. The van der Waals surface area contributed by atoms with Gasteiger partial charge in [-0.2, -0.15) is 0 Å². The first-order valence-corrected chi connectivity index (χ1v) is 21.2. The van der Waals surface area contributed by atoms with Gasteiger partial charge < -0.3 is 46.6 Å². The van der Waals surface area contributed by atoms with E-state index < -0.39 is 90.2 Å². The Balaban J connectivity index is 1.32. The molecular formula is C45H61N7O10. The zero-order chi connectivity index (χ0) is 45.8. The third-order valence-electron chi connectivity index (χ3n) is 11.2. The van der Waals surface area contributed by atoms with E-state index in [1.807, 2.05) is 62.4 Å². The van der Waals surface area contributed by atoms with Crippen molar-refractivity contribution in [2.45, 2.75) is 110 Å². The Bertz CT molecular complexity index is 1970. The summed E-state index contributed by atoms with van der Waals surface area (Å²) in [5.41, 5.74) is 3.86. The largest absolute Gasteiger partial charge is 0.480 e. The van der Waals surface area contributed by atoms with Crippen LogP contribution < -0.4 is 31.9 Å². The fraction of sp³-hybridized carbons (Fsp3) is 0.511. The van der Waals surface area contributed by atoms with Crippen LogP contribution in [0.5, 0.6) is 0 Å². The smallest absolute Gasteiger partial charge is 0.407 e. The van der Waals surface area contributed by atoms with Crippen LogP contribution in [0.4, 0.5) is 4.79 Å². The van der Waals surface area contributed by atoms with E-state index in [0.717, 1.165) is 22.3 Å². The van der Waals surface area contributed by atoms with E-state index in [4.69, 9.17) is 4.74 Å². The molecule has 2 aliphatic rings. The van der Waals surface area contributed by atoms with Crippen molar-refractivity contribution < 1.29 is 48.2 Å². The molecule has 7 amide bonds. The zero-order valence-corrected chi connectivity index (χ0v) is 36.5.